The molecular formula is C19H26Cl2O2. The van der Waals surface area contributed by atoms with Gasteiger partial charge in [0.15, 0.2) is 0 Å². The van der Waals surface area contributed by atoms with Crippen LogP contribution in [0.2, 0.25) is 10.0 Å². The van der Waals surface area contributed by atoms with Gasteiger partial charge in [-0.2, -0.15) is 0 Å². The van der Waals surface area contributed by atoms with E-state index in [0.29, 0.717) is 10.0 Å². The summed E-state index contributed by atoms with van der Waals surface area (Å²) in [6, 6.07) is 5.55. The van der Waals surface area contributed by atoms with E-state index in [2.05, 4.69) is 6.58 Å². The van der Waals surface area contributed by atoms with Crippen LogP contribution in [-0.4, -0.2) is 11.6 Å². The molecule has 0 spiro atoms. The van der Waals surface area contributed by atoms with Gasteiger partial charge in [-0.1, -0.05) is 40.9 Å². The third-order valence-electron chi connectivity index (χ3n) is 3.08. The molecule has 0 aliphatic carbocycles. The van der Waals surface area contributed by atoms with Crippen LogP contribution in [0, 0.1) is 6.92 Å². The number of esters is 1. The zero-order valence-corrected chi connectivity index (χ0v) is 16.3. The van der Waals surface area contributed by atoms with Gasteiger partial charge in [0.25, 0.3) is 0 Å². The summed E-state index contributed by atoms with van der Waals surface area (Å²) < 4.78 is 5.16. The molecule has 0 atom stereocenters. The molecule has 0 radical (unpaired) electrons. The number of carbonyl (C=O) groups excluding carboxylic acids is 1. The lowest BCUT2D eigenvalue weighted by molar-refractivity contribution is -0.153. The van der Waals surface area contributed by atoms with Crippen molar-refractivity contribution in [3.63, 3.8) is 0 Å². The van der Waals surface area contributed by atoms with Crippen LogP contribution >= 0.6 is 23.2 Å². The highest BCUT2D eigenvalue weighted by Crippen LogP contribution is 2.28. The molecule has 0 unspecified atom stereocenters. The summed E-state index contributed by atoms with van der Waals surface area (Å²) in [5.74, 6) is -0.168. The van der Waals surface area contributed by atoms with Crippen LogP contribution < -0.4 is 0 Å². The summed E-state index contributed by atoms with van der Waals surface area (Å²) >= 11 is 11.3. The summed E-state index contributed by atoms with van der Waals surface area (Å²) in [5.41, 5.74) is 2.74. The maximum absolute atomic E-state index is 11.1. The lowest BCUT2D eigenvalue weighted by Crippen LogP contribution is -2.33. The van der Waals surface area contributed by atoms with Gasteiger partial charge in [-0.15, -0.1) is 6.58 Å². The second-order valence-corrected chi connectivity index (χ2v) is 6.87. The van der Waals surface area contributed by atoms with Gasteiger partial charge in [0.1, 0.15) is 5.60 Å². The second kappa shape index (κ2) is 9.79. The Morgan fingerprint density at radius 1 is 1.17 bits per heavy atom. The van der Waals surface area contributed by atoms with Gasteiger partial charge in [-0.05, 0) is 59.2 Å². The molecule has 2 rings (SSSR count). The molecular weight excluding hydrogens is 331 g/mol. The number of rotatable bonds is 0. The highest BCUT2D eigenvalue weighted by Gasteiger charge is 2.30. The minimum absolute atomic E-state index is 0.168. The summed E-state index contributed by atoms with van der Waals surface area (Å²) in [5, 5.41) is 1.24. The fraction of sp³-hybridized carbons (Fsp3) is 0.421. The van der Waals surface area contributed by atoms with Gasteiger partial charge in [-0.25, -0.2) is 4.79 Å². The Hall–Kier alpha value is -1.25. The maximum Gasteiger partial charge on any atom is 0.334 e. The van der Waals surface area contributed by atoms with Gasteiger partial charge < -0.3 is 4.74 Å². The van der Waals surface area contributed by atoms with E-state index in [1.165, 1.54) is 0 Å². The largest absolute Gasteiger partial charge is 0.456 e. The number of hydrogen-bond donors (Lipinski definition) is 0. The van der Waals surface area contributed by atoms with Crippen LogP contribution in [0.5, 0.6) is 0 Å². The molecule has 4 heteroatoms. The van der Waals surface area contributed by atoms with Gasteiger partial charge >= 0.3 is 5.97 Å². The first-order valence-corrected chi connectivity index (χ1v) is 8.18. The van der Waals surface area contributed by atoms with E-state index in [9.17, 15) is 4.79 Å². The molecule has 0 saturated heterocycles. The van der Waals surface area contributed by atoms with Crippen LogP contribution in [-0.2, 0) is 9.53 Å². The lowest BCUT2D eigenvalue weighted by Gasteiger charge is -2.30. The van der Waals surface area contributed by atoms with Crippen molar-refractivity contribution in [2.24, 2.45) is 0 Å². The van der Waals surface area contributed by atoms with E-state index >= 15 is 0 Å². The number of aryl methyl sites for hydroxylation is 1. The van der Waals surface area contributed by atoms with Crippen molar-refractivity contribution in [3.8, 4) is 0 Å². The van der Waals surface area contributed by atoms with Crippen molar-refractivity contribution in [1.82, 2.24) is 0 Å². The highest BCUT2D eigenvalue weighted by molar-refractivity contribution is 6.41. The van der Waals surface area contributed by atoms with Gasteiger partial charge in [-0.3, -0.25) is 0 Å². The fourth-order valence-electron chi connectivity index (χ4n) is 1.91. The average Bonchev–Trinajstić information content (AvgIpc) is 2.41. The maximum atomic E-state index is 11.1. The van der Waals surface area contributed by atoms with Crippen molar-refractivity contribution in [3.05, 3.63) is 57.6 Å². The Bertz CT molecular complexity index is 587. The van der Waals surface area contributed by atoms with E-state index in [-0.39, 0.29) is 11.6 Å². The van der Waals surface area contributed by atoms with Crippen LogP contribution in [0.1, 0.15) is 46.6 Å². The van der Waals surface area contributed by atoms with Crippen molar-refractivity contribution in [1.29, 1.82) is 0 Å². The minimum atomic E-state index is -0.305. The molecule has 1 aromatic carbocycles. The first-order chi connectivity index (χ1) is 10.5. The Kier molecular flexibility index (Phi) is 9.26. The topological polar surface area (TPSA) is 26.3 Å². The molecule has 0 saturated carbocycles. The van der Waals surface area contributed by atoms with Crippen molar-refractivity contribution < 1.29 is 9.53 Å². The van der Waals surface area contributed by atoms with E-state index in [0.717, 1.165) is 23.1 Å². The van der Waals surface area contributed by atoms with Gasteiger partial charge in [0, 0.05) is 12.0 Å². The number of allylic oxidation sites excluding steroid dienone is 1. The van der Waals surface area contributed by atoms with Crippen LogP contribution in [0.3, 0.4) is 0 Å². The number of hydrogen-bond acceptors (Lipinski definition) is 2. The summed E-state index contributed by atoms with van der Waals surface area (Å²) in [7, 11) is 0. The molecule has 0 bridgehead atoms. The summed E-state index contributed by atoms with van der Waals surface area (Å²) in [6.45, 7) is 14.9. The minimum Gasteiger partial charge on any atom is -0.456 e. The lowest BCUT2D eigenvalue weighted by atomic mass is 9.93. The molecule has 0 N–H and O–H groups in total. The molecule has 0 fully saturated rings. The molecule has 1 aliphatic heterocycles. The van der Waals surface area contributed by atoms with Crippen LogP contribution in [0.4, 0.5) is 0 Å². The smallest absolute Gasteiger partial charge is 0.334 e. The number of ether oxygens (including phenoxy) is 1. The van der Waals surface area contributed by atoms with E-state index in [1.807, 2.05) is 53.7 Å². The van der Waals surface area contributed by atoms with Gasteiger partial charge in [0.05, 0.1) is 10.0 Å². The predicted molar refractivity (Wildman–Crippen MR) is 100 cm³/mol. The van der Waals surface area contributed by atoms with E-state index in [4.69, 9.17) is 27.9 Å². The number of carbonyl (C=O) groups is 1. The van der Waals surface area contributed by atoms with Crippen molar-refractivity contribution >= 4 is 29.2 Å². The molecule has 1 heterocycles. The van der Waals surface area contributed by atoms with Gasteiger partial charge in [0.2, 0.25) is 0 Å². The molecule has 2 nitrogen and oxygen atoms in total. The Balaban J connectivity index is 0.000000365. The third-order valence-corrected chi connectivity index (χ3v) is 3.82. The molecule has 23 heavy (non-hydrogen) atoms. The normalized spacial score (nSPS) is 15.6. The predicted octanol–water partition coefficient (Wildman–Crippen LogP) is 6.54. The van der Waals surface area contributed by atoms with Crippen molar-refractivity contribution in [2.75, 3.05) is 0 Å². The number of benzene rings is 1. The Labute approximate surface area is 150 Å². The Morgan fingerprint density at radius 2 is 1.70 bits per heavy atom. The number of cyclic esters (lactones) is 1. The zero-order chi connectivity index (χ0) is 18.2. The summed E-state index contributed by atoms with van der Waals surface area (Å²) in [4.78, 5) is 11.1. The van der Waals surface area contributed by atoms with Crippen LogP contribution in [0.15, 0.2) is 42.0 Å². The standard InChI is InChI=1S/C9H14O2.C7H6Cl2.C3H6/c1-6-5-9(3,4)11-8(10)7(6)2;1-5-2-3-6(8)7(9)4-5;1-3-2/h5H2,1-4H3;2-4H,1H3;3H,1H2,2H3. The molecule has 0 amide bonds. The monoisotopic (exact) mass is 356 g/mol. The SMILES string of the molecule is C=CC.CC1=C(C)C(=O)OC(C)(C)C1.Cc1ccc(Cl)c(Cl)c1. The first kappa shape index (κ1) is 21.8. The first-order valence-electron chi connectivity index (χ1n) is 7.42. The van der Waals surface area contributed by atoms with E-state index in [1.54, 1.807) is 12.1 Å². The fourth-order valence-corrected chi connectivity index (χ4v) is 2.26. The molecule has 1 aliphatic rings. The highest BCUT2D eigenvalue weighted by atomic mass is 35.5. The molecule has 1 aromatic rings. The summed E-state index contributed by atoms with van der Waals surface area (Å²) in [6.07, 6.45) is 2.60. The average molecular weight is 357 g/mol. The Morgan fingerprint density at radius 3 is 2.09 bits per heavy atom. The number of halogens is 2. The molecule has 0 aromatic heterocycles. The van der Waals surface area contributed by atoms with Crippen molar-refractivity contribution in [2.45, 2.75) is 53.6 Å². The van der Waals surface area contributed by atoms with E-state index < -0.39 is 0 Å². The zero-order valence-electron chi connectivity index (χ0n) is 14.8. The quantitative estimate of drug-likeness (QED) is 0.389. The third kappa shape index (κ3) is 8.24. The molecule has 128 valence electrons. The second-order valence-electron chi connectivity index (χ2n) is 6.06. The van der Waals surface area contributed by atoms with Crippen LogP contribution in [0.25, 0.3) is 0 Å².